The third-order valence-electron chi connectivity index (χ3n) is 1.82. The van der Waals surface area contributed by atoms with Crippen LogP contribution in [0.4, 0.5) is 5.69 Å². The van der Waals surface area contributed by atoms with Crippen LogP contribution in [-0.4, -0.2) is 21.7 Å². The lowest BCUT2D eigenvalue weighted by Crippen LogP contribution is -2.14. The molecule has 0 aliphatic rings. The molecule has 0 fully saturated rings. The molecule has 1 rings (SSSR count). The summed E-state index contributed by atoms with van der Waals surface area (Å²) in [5.41, 5.74) is 5.46. The lowest BCUT2D eigenvalue weighted by molar-refractivity contribution is -0.385. The van der Waals surface area contributed by atoms with Crippen LogP contribution >= 0.6 is 12.4 Å². The standard InChI is InChI=1S/C8H10N2O4.ClH/c9-6(4-11)5-1-2-8(12)7(3-5)10(13)14;/h1-3,6,11-12H,4,9H2;1H/t6-;/m0./s1. The average Bonchev–Trinajstić information content (AvgIpc) is 2.17. The molecule has 1 atom stereocenters. The Kier molecular flexibility index (Phi) is 4.99. The second-order valence-corrected chi connectivity index (χ2v) is 2.79. The molecule has 0 saturated heterocycles. The molecule has 6 nitrogen and oxygen atoms in total. The lowest BCUT2D eigenvalue weighted by Gasteiger charge is -2.07. The maximum absolute atomic E-state index is 10.4. The molecule has 0 bridgehead atoms. The van der Waals surface area contributed by atoms with Crippen LogP contribution in [-0.2, 0) is 0 Å². The van der Waals surface area contributed by atoms with Crippen molar-refractivity contribution in [2.45, 2.75) is 6.04 Å². The molecule has 84 valence electrons. The molecule has 0 amide bonds. The topological polar surface area (TPSA) is 110 Å². The summed E-state index contributed by atoms with van der Waals surface area (Å²) in [4.78, 5) is 9.72. The molecule has 0 radical (unpaired) electrons. The largest absolute Gasteiger partial charge is 0.502 e. The number of aliphatic hydroxyl groups is 1. The quantitative estimate of drug-likeness (QED) is 0.527. The van der Waals surface area contributed by atoms with Crippen molar-refractivity contribution in [1.82, 2.24) is 0 Å². The van der Waals surface area contributed by atoms with Gasteiger partial charge in [-0.25, -0.2) is 0 Å². The highest BCUT2D eigenvalue weighted by Gasteiger charge is 2.15. The van der Waals surface area contributed by atoms with E-state index in [1.54, 1.807) is 0 Å². The molecular weight excluding hydrogens is 224 g/mol. The Balaban J connectivity index is 0.00000196. The predicted octanol–water partition coefficient (Wildman–Crippen LogP) is 0.714. The highest BCUT2D eigenvalue weighted by Crippen LogP contribution is 2.27. The van der Waals surface area contributed by atoms with Crippen molar-refractivity contribution in [3.05, 3.63) is 33.9 Å². The second-order valence-electron chi connectivity index (χ2n) is 2.79. The van der Waals surface area contributed by atoms with Gasteiger partial charge in [0.25, 0.3) is 0 Å². The van der Waals surface area contributed by atoms with Crippen molar-refractivity contribution in [2.24, 2.45) is 5.73 Å². The minimum atomic E-state index is -0.705. The number of aliphatic hydroxyl groups excluding tert-OH is 1. The van der Waals surface area contributed by atoms with Crippen molar-refractivity contribution < 1.29 is 15.1 Å². The zero-order valence-electron chi connectivity index (χ0n) is 7.66. The Hall–Kier alpha value is -1.37. The molecule has 0 saturated carbocycles. The normalized spacial score (nSPS) is 11.6. The third kappa shape index (κ3) is 3.05. The van der Waals surface area contributed by atoms with Crippen LogP contribution in [0.15, 0.2) is 18.2 Å². The third-order valence-corrected chi connectivity index (χ3v) is 1.82. The number of rotatable bonds is 3. The molecule has 0 spiro atoms. The van der Waals surface area contributed by atoms with E-state index in [0.717, 1.165) is 6.07 Å². The van der Waals surface area contributed by atoms with Crippen molar-refractivity contribution in [3.8, 4) is 5.75 Å². The molecule has 0 aromatic heterocycles. The van der Waals surface area contributed by atoms with Crippen molar-refractivity contribution in [3.63, 3.8) is 0 Å². The number of aromatic hydroxyl groups is 1. The first kappa shape index (κ1) is 13.6. The molecule has 0 heterocycles. The zero-order valence-corrected chi connectivity index (χ0v) is 8.48. The predicted molar refractivity (Wildman–Crippen MR) is 56.0 cm³/mol. The van der Waals surface area contributed by atoms with Crippen molar-refractivity contribution in [1.29, 1.82) is 0 Å². The Morgan fingerprint density at radius 2 is 2.13 bits per heavy atom. The number of hydrogen-bond donors (Lipinski definition) is 3. The number of nitrogens with two attached hydrogens (primary N) is 1. The summed E-state index contributed by atoms with van der Waals surface area (Å²) in [5.74, 6) is -0.413. The molecule has 4 N–H and O–H groups in total. The van der Waals surface area contributed by atoms with E-state index in [4.69, 9.17) is 15.9 Å². The highest BCUT2D eigenvalue weighted by molar-refractivity contribution is 5.85. The minimum Gasteiger partial charge on any atom is -0.502 e. The number of phenolic OH excluding ortho intramolecular Hbond substituents is 1. The maximum Gasteiger partial charge on any atom is 0.311 e. The van der Waals surface area contributed by atoms with E-state index in [9.17, 15) is 10.1 Å². The van der Waals surface area contributed by atoms with Gasteiger partial charge in [-0.1, -0.05) is 6.07 Å². The number of nitro groups is 1. The first-order valence-corrected chi connectivity index (χ1v) is 3.90. The van der Waals surface area contributed by atoms with Crippen molar-refractivity contribution >= 4 is 18.1 Å². The summed E-state index contributed by atoms with van der Waals surface area (Å²) in [6.07, 6.45) is 0. The maximum atomic E-state index is 10.4. The van der Waals surface area contributed by atoms with Gasteiger partial charge in [0.15, 0.2) is 5.75 Å². The summed E-state index contributed by atoms with van der Waals surface area (Å²) in [5, 5.41) is 28.3. The molecule has 0 aliphatic heterocycles. The Labute approximate surface area is 91.9 Å². The fourth-order valence-corrected chi connectivity index (χ4v) is 1.02. The van der Waals surface area contributed by atoms with Crippen LogP contribution in [0, 0.1) is 10.1 Å². The van der Waals surface area contributed by atoms with Gasteiger partial charge >= 0.3 is 5.69 Å². The van der Waals surface area contributed by atoms with Crippen LogP contribution < -0.4 is 5.73 Å². The summed E-state index contributed by atoms with van der Waals surface area (Å²) >= 11 is 0. The van der Waals surface area contributed by atoms with Gasteiger partial charge in [0.2, 0.25) is 0 Å². The number of nitro benzene ring substituents is 1. The van der Waals surface area contributed by atoms with Gasteiger partial charge in [0, 0.05) is 6.07 Å². The van der Waals surface area contributed by atoms with Gasteiger partial charge in [-0.3, -0.25) is 10.1 Å². The Bertz CT molecular complexity index is 358. The molecule has 0 unspecified atom stereocenters. The number of phenols is 1. The van der Waals surface area contributed by atoms with Crippen LogP contribution in [0.1, 0.15) is 11.6 Å². The second kappa shape index (κ2) is 5.50. The smallest absolute Gasteiger partial charge is 0.311 e. The van der Waals surface area contributed by atoms with Gasteiger partial charge in [-0.15, -0.1) is 12.4 Å². The number of halogens is 1. The Morgan fingerprint density at radius 1 is 1.53 bits per heavy atom. The fraction of sp³-hybridized carbons (Fsp3) is 0.250. The zero-order chi connectivity index (χ0) is 10.7. The minimum absolute atomic E-state index is 0. The van der Waals surface area contributed by atoms with Gasteiger partial charge in [0.1, 0.15) is 0 Å². The summed E-state index contributed by atoms with van der Waals surface area (Å²) in [7, 11) is 0. The molecule has 1 aromatic carbocycles. The lowest BCUT2D eigenvalue weighted by atomic mass is 10.1. The van der Waals surface area contributed by atoms with E-state index in [1.165, 1.54) is 12.1 Å². The monoisotopic (exact) mass is 234 g/mol. The van der Waals surface area contributed by atoms with Crippen LogP contribution in [0.5, 0.6) is 5.75 Å². The molecule has 7 heteroatoms. The van der Waals surface area contributed by atoms with Gasteiger partial charge in [-0.05, 0) is 11.6 Å². The van der Waals surface area contributed by atoms with E-state index in [2.05, 4.69) is 0 Å². The average molecular weight is 235 g/mol. The van der Waals surface area contributed by atoms with E-state index in [-0.39, 0.29) is 19.0 Å². The SMILES string of the molecule is Cl.N[C@@H](CO)c1ccc(O)c([N+](=O)[O-])c1. The van der Waals surface area contributed by atoms with Gasteiger partial charge in [-0.2, -0.15) is 0 Å². The first-order valence-electron chi connectivity index (χ1n) is 3.90. The highest BCUT2D eigenvalue weighted by atomic mass is 35.5. The fourth-order valence-electron chi connectivity index (χ4n) is 1.02. The van der Waals surface area contributed by atoms with Gasteiger partial charge < -0.3 is 15.9 Å². The van der Waals surface area contributed by atoms with E-state index < -0.39 is 22.4 Å². The molecule has 1 aromatic rings. The van der Waals surface area contributed by atoms with Gasteiger partial charge in [0.05, 0.1) is 17.6 Å². The summed E-state index contributed by atoms with van der Waals surface area (Å²) in [6.45, 7) is -0.304. The molecular formula is C8H11ClN2O4. The van der Waals surface area contributed by atoms with Crippen LogP contribution in [0.25, 0.3) is 0 Å². The number of hydrogen-bond acceptors (Lipinski definition) is 5. The van der Waals surface area contributed by atoms with Crippen LogP contribution in [0.2, 0.25) is 0 Å². The van der Waals surface area contributed by atoms with E-state index >= 15 is 0 Å². The van der Waals surface area contributed by atoms with Crippen LogP contribution in [0.3, 0.4) is 0 Å². The van der Waals surface area contributed by atoms with Crippen molar-refractivity contribution in [2.75, 3.05) is 6.61 Å². The number of nitrogens with zero attached hydrogens (tertiary/aromatic N) is 1. The molecule has 15 heavy (non-hydrogen) atoms. The summed E-state index contributed by atoms with van der Waals surface area (Å²) < 4.78 is 0. The number of benzene rings is 1. The molecule has 0 aliphatic carbocycles. The Morgan fingerprint density at radius 3 is 2.60 bits per heavy atom. The first-order chi connectivity index (χ1) is 6.56. The summed E-state index contributed by atoms with van der Waals surface area (Å²) in [6, 6.07) is 3.09. The van der Waals surface area contributed by atoms with E-state index in [0.29, 0.717) is 5.56 Å². The van der Waals surface area contributed by atoms with E-state index in [1.807, 2.05) is 0 Å².